The van der Waals surface area contributed by atoms with Crippen LogP contribution in [0.4, 0.5) is 5.69 Å². The molecule has 7 heteroatoms. The molecule has 0 amide bonds. The zero-order chi connectivity index (χ0) is 20.5. The zero-order valence-corrected chi connectivity index (χ0v) is 16.5. The van der Waals surface area contributed by atoms with Crippen LogP contribution in [-0.2, 0) is 19.5 Å². The van der Waals surface area contributed by atoms with Crippen LogP contribution >= 0.6 is 0 Å². The van der Waals surface area contributed by atoms with Crippen molar-refractivity contribution in [1.29, 1.82) is 0 Å². The van der Waals surface area contributed by atoms with Crippen LogP contribution in [0, 0.1) is 0 Å². The average Bonchev–Trinajstić information content (AvgIpc) is 3.00. The Hall–Kier alpha value is -3.61. The van der Waals surface area contributed by atoms with Gasteiger partial charge in [-0.15, -0.1) is 10.2 Å². The summed E-state index contributed by atoms with van der Waals surface area (Å²) in [6, 6.07) is 14.4. The Kier molecular flexibility index (Phi) is 4.71. The Balaban J connectivity index is 1.42. The van der Waals surface area contributed by atoms with E-state index < -0.39 is 5.63 Å². The van der Waals surface area contributed by atoms with Crippen LogP contribution in [0.25, 0.3) is 22.4 Å². The highest BCUT2D eigenvalue weighted by molar-refractivity contribution is 5.81. The molecule has 2 aromatic carbocycles. The van der Waals surface area contributed by atoms with Crippen molar-refractivity contribution in [3.63, 3.8) is 0 Å². The molecule has 0 saturated heterocycles. The molecule has 0 fully saturated rings. The lowest BCUT2D eigenvalue weighted by Gasteiger charge is -2.11. The minimum absolute atomic E-state index is 0.0656. The average molecular weight is 402 g/mol. The maximum atomic E-state index is 11.9. The van der Waals surface area contributed by atoms with E-state index in [0.717, 1.165) is 59.7 Å². The lowest BCUT2D eigenvalue weighted by Crippen LogP contribution is -2.06. The van der Waals surface area contributed by atoms with Crippen LogP contribution < -0.4 is 10.9 Å². The molecule has 4 aromatic rings. The van der Waals surface area contributed by atoms with E-state index in [1.54, 1.807) is 12.1 Å². The topological polar surface area (TPSA) is 93.2 Å². The van der Waals surface area contributed by atoms with Gasteiger partial charge in [-0.2, -0.15) is 0 Å². The number of anilines is 1. The molecule has 3 heterocycles. The molecule has 152 valence electrons. The number of phenolic OH excluding ortho intramolecular Hbond substituents is 1. The van der Waals surface area contributed by atoms with Gasteiger partial charge in [0.15, 0.2) is 5.82 Å². The van der Waals surface area contributed by atoms with E-state index in [9.17, 15) is 9.90 Å². The van der Waals surface area contributed by atoms with Gasteiger partial charge in [0.25, 0.3) is 0 Å². The minimum atomic E-state index is -0.440. The number of aromatic nitrogens is 3. The summed E-state index contributed by atoms with van der Waals surface area (Å²) in [5.41, 5.74) is 2.69. The smallest absolute Gasteiger partial charge is 0.336 e. The van der Waals surface area contributed by atoms with Crippen LogP contribution in [0.3, 0.4) is 0 Å². The van der Waals surface area contributed by atoms with Crippen LogP contribution in [0.5, 0.6) is 5.75 Å². The largest absolute Gasteiger partial charge is 0.508 e. The number of aromatic hydroxyl groups is 1. The highest BCUT2D eigenvalue weighted by Gasteiger charge is 2.16. The molecule has 2 N–H and O–H groups in total. The van der Waals surface area contributed by atoms with Crippen LogP contribution in [0.2, 0.25) is 0 Å². The molecule has 7 nitrogen and oxygen atoms in total. The summed E-state index contributed by atoms with van der Waals surface area (Å²) in [6.07, 6.45) is 4.51. The first-order chi connectivity index (χ1) is 14.7. The van der Waals surface area contributed by atoms with Crippen molar-refractivity contribution < 1.29 is 9.52 Å². The third-order valence-corrected chi connectivity index (χ3v) is 5.53. The minimum Gasteiger partial charge on any atom is -0.508 e. The van der Waals surface area contributed by atoms with E-state index >= 15 is 0 Å². The van der Waals surface area contributed by atoms with Crippen molar-refractivity contribution in [2.45, 2.75) is 38.8 Å². The quantitative estimate of drug-likeness (QED) is 0.499. The molecule has 1 aliphatic rings. The number of fused-ring (bicyclic) bond motifs is 2. The van der Waals surface area contributed by atoms with Gasteiger partial charge in [-0.05, 0) is 42.7 Å². The summed E-state index contributed by atoms with van der Waals surface area (Å²) in [4.78, 5) is 11.9. The van der Waals surface area contributed by atoms with E-state index in [4.69, 9.17) is 4.42 Å². The van der Waals surface area contributed by atoms with E-state index in [-0.39, 0.29) is 5.75 Å². The van der Waals surface area contributed by atoms with Gasteiger partial charge in [0.1, 0.15) is 17.2 Å². The number of hydrogen-bond acceptors (Lipinski definition) is 6. The predicted octanol–water partition coefficient (Wildman–Crippen LogP) is 4.10. The lowest BCUT2D eigenvalue weighted by atomic mass is 10.1. The number of phenols is 1. The van der Waals surface area contributed by atoms with Gasteiger partial charge in [-0.3, -0.25) is 0 Å². The van der Waals surface area contributed by atoms with Gasteiger partial charge in [0.05, 0.1) is 0 Å². The summed E-state index contributed by atoms with van der Waals surface area (Å²) in [5, 5.41) is 22.7. The monoisotopic (exact) mass is 402 g/mol. The van der Waals surface area contributed by atoms with E-state index in [0.29, 0.717) is 12.1 Å². The molecule has 0 aliphatic carbocycles. The third kappa shape index (κ3) is 3.54. The maximum absolute atomic E-state index is 11.9. The highest BCUT2D eigenvalue weighted by Crippen LogP contribution is 2.26. The molecule has 0 radical (unpaired) electrons. The molecule has 5 rings (SSSR count). The maximum Gasteiger partial charge on any atom is 0.336 e. The summed E-state index contributed by atoms with van der Waals surface area (Å²) < 4.78 is 7.44. The Labute approximate surface area is 173 Å². The molecule has 0 atom stereocenters. The standard InChI is InChI=1S/C23H22N4O3/c28-18-8-9-19-16(12-22(29)30-20(19)13-18)14-24-17-6-4-5-15(11-17)23-26-25-21-7-2-1-3-10-27(21)23/h4-6,8-9,11-13,24,28H,1-3,7,10,14H2. The second-order valence-electron chi connectivity index (χ2n) is 7.61. The highest BCUT2D eigenvalue weighted by atomic mass is 16.4. The summed E-state index contributed by atoms with van der Waals surface area (Å²) >= 11 is 0. The van der Waals surface area contributed by atoms with Crippen molar-refractivity contribution in [2.24, 2.45) is 0 Å². The number of nitrogens with one attached hydrogen (secondary N) is 1. The molecular formula is C23H22N4O3. The van der Waals surface area contributed by atoms with Crippen LogP contribution in [0.1, 0.15) is 30.7 Å². The molecule has 1 aliphatic heterocycles. The van der Waals surface area contributed by atoms with Gasteiger partial charge in [0.2, 0.25) is 0 Å². The van der Waals surface area contributed by atoms with Crippen molar-refractivity contribution in [2.75, 3.05) is 5.32 Å². The van der Waals surface area contributed by atoms with Gasteiger partial charge in [0, 0.05) is 48.3 Å². The van der Waals surface area contributed by atoms with Crippen LogP contribution in [-0.4, -0.2) is 19.9 Å². The Morgan fingerprint density at radius 2 is 2.00 bits per heavy atom. The van der Waals surface area contributed by atoms with Crippen molar-refractivity contribution in [3.8, 4) is 17.1 Å². The van der Waals surface area contributed by atoms with Crippen molar-refractivity contribution >= 4 is 16.7 Å². The van der Waals surface area contributed by atoms with Gasteiger partial charge < -0.3 is 19.4 Å². The van der Waals surface area contributed by atoms with E-state index in [1.807, 2.05) is 18.2 Å². The Bertz CT molecular complexity index is 1280. The van der Waals surface area contributed by atoms with Gasteiger partial charge in [-0.1, -0.05) is 18.6 Å². The second-order valence-corrected chi connectivity index (χ2v) is 7.61. The number of rotatable bonds is 4. The second kappa shape index (κ2) is 7.67. The normalized spacial score (nSPS) is 13.7. The number of aryl methyl sites for hydroxylation is 1. The molecule has 0 bridgehead atoms. The lowest BCUT2D eigenvalue weighted by molar-refractivity contribution is 0.473. The van der Waals surface area contributed by atoms with Crippen molar-refractivity contribution in [1.82, 2.24) is 14.8 Å². The SMILES string of the molecule is O=c1cc(CNc2cccc(-c3nnc4n3CCCCC4)c2)c2ccc(O)cc2o1. The summed E-state index contributed by atoms with van der Waals surface area (Å²) in [6.45, 7) is 1.40. The summed E-state index contributed by atoms with van der Waals surface area (Å²) in [7, 11) is 0. The van der Waals surface area contributed by atoms with E-state index in [1.165, 1.54) is 18.6 Å². The first-order valence-corrected chi connectivity index (χ1v) is 10.2. The molecule has 2 aromatic heterocycles. The zero-order valence-electron chi connectivity index (χ0n) is 16.5. The number of hydrogen-bond donors (Lipinski definition) is 2. The van der Waals surface area contributed by atoms with Crippen molar-refractivity contribution in [3.05, 3.63) is 70.3 Å². The molecule has 0 unspecified atom stereocenters. The number of benzene rings is 2. The Morgan fingerprint density at radius 3 is 2.93 bits per heavy atom. The fraction of sp³-hybridized carbons (Fsp3) is 0.261. The fourth-order valence-corrected chi connectivity index (χ4v) is 4.03. The number of nitrogens with zero attached hydrogens (tertiary/aromatic N) is 3. The first kappa shape index (κ1) is 18.4. The molecule has 0 spiro atoms. The summed E-state index contributed by atoms with van der Waals surface area (Å²) in [5.74, 6) is 2.03. The fourth-order valence-electron chi connectivity index (χ4n) is 4.03. The molecular weight excluding hydrogens is 380 g/mol. The van der Waals surface area contributed by atoms with Crippen LogP contribution in [0.15, 0.2) is 57.7 Å². The first-order valence-electron chi connectivity index (χ1n) is 10.2. The van der Waals surface area contributed by atoms with E-state index in [2.05, 4.69) is 26.1 Å². The third-order valence-electron chi connectivity index (χ3n) is 5.53. The van der Waals surface area contributed by atoms with Gasteiger partial charge >= 0.3 is 5.63 Å². The van der Waals surface area contributed by atoms with Gasteiger partial charge in [-0.25, -0.2) is 4.79 Å². The molecule has 0 saturated carbocycles. The predicted molar refractivity (Wildman–Crippen MR) is 114 cm³/mol. The molecule has 30 heavy (non-hydrogen) atoms. The Morgan fingerprint density at radius 1 is 1.07 bits per heavy atom.